The maximum atomic E-state index is 15.2. The Bertz CT molecular complexity index is 1730. The van der Waals surface area contributed by atoms with Gasteiger partial charge in [0.25, 0.3) is 0 Å². The summed E-state index contributed by atoms with van der Waals surface area (Å²) in [5, 5.41) is 16.3. The zero-order chi connectivity index (χ0) is 32.0. The summed E-state index contributed by atoms with van der Waals surface area (Å²) < 4.78 is 45.6. The van der Waals surface area contributed by atoms with Crippen LogP contribution in [0, 0.1) is 17.0 Å². The molecule has 1 saturated carbocycles. The molecule has 10 nitrogen and oxygen atoms in total. The summed E-state index contributed by atoms with van der Waals surface area (Å²) in [5.41, 5.74) is -0.275. The van der Waals surface area contributed by atoms with Crippen molar-refractivity contribution in [1.29, 1.82) is 0 Å². The second-order valence-corrected chi connectivity index (χ2v) is 10.6. The van der Waals surface area contributed by atoms with E-state index in [1.54, 1.807) is 18.2 Å². The maximum Gasteiger partial charge on any atom is 1.00 e. The van der Waals surface area contributed by atoms with Crippen LogP contribution in [0.25, 0.3) is 10.9 Å². The van der Waals surface area contributed by atoms with Crippen molar-refractivity contribution in [3.8, 4) is 23.0 Å². The number of rotatable bonds is 14. The number of hydrogen-bond acceptors (Lipinski definition) is 8. The van der Waals surface area contributed by atoms with Gasteiger partial charge in [0.05, 0.1) is 19.2 Å². The quantitative estimate of drug-likeness (QED) is 0.120. The Morgan fingerprint density at radius 2 is 1.54 bits per heavy atom. The minimum atomic E-state index is -1.30. The largest absolute Gasteiger partial charge is 1.00 e. The summed E-state index contributed by atoms with van der Waals surface area (Å²) in [7, 11) is 1.48. The van der Waals surface area contributed by atoms with E-state index in [0.717, 1.165) is 6.07 Å². The zero-order valence-corrected chi connectivity index (χ0v) is 28.5. The molecule has 1 fully saturated rings. The van der Waals surface area contributed by atoms with E-state index in [9.17, 15) is 23.9 Å². The van der Waals surface area contributed by atoms with Crippen LogP contribution in [-0.2, 0) is 14.4 Å². The Balaban J connectivity index is 0.00000480. The van der Waals surface area contributed by atoms with Crippen LogP contribution >= 0.6 is 0 Å². The Hall–Kier alpha value is -3.62. The smallest absolute Gasteiger partial charge is 0.550 e. The number of aromatic nitrogens is 1. The second-order valence-electron chi connectivity index (χ2n) is 10.6. The van der Waals surface area contributed by atoms with Gasteiger partial charge in [-0.2, -0.15) is 0 Å². The number of halogens is 2. The van der Waals surface area contributed by atoms with Gasteiger partial charge in [0.1, 0.15) is 17.0 Å². The van der Waals surface area contributed by atoms with Gasteiger partial charge in [0.15, 0.2) is 23.1 Å². The number of carbonyl (C=O) groups excluding carboxylic acids is 3. The van der Waals surface area contributed by atoms with Crippen LogP contribution in [-0.4, -0.2) is 36.5 Å². The zero-order valence-electron chi connectivity index (χ0n) is 25.4. The Labute approximate surface area is 306 Å². The third-order valence-corrected chi connectivity index (χ3v) is 7.40. The number of amides is 2. The van der Waals surface area contributed by atoms with Crippen molar-refractivity contribution >= 4 is 40.1 Å². The molecule has 5 rings (SSSR count). The third-order valence-electron chi connectivity index (χ3n) is 7.40. The number of fused-ring (bicyclic) bond motifs is 1. The second kappa shape index (κ2) is 15.8. The van der Waals surface area contributed by atoms with Crippen LogP contribution in [0.3, 0.4) is 0 Å². The molecule has 2 amide bonds. The number of aliphatic carboxylic acids is 1. The monoisotopic (exact) mass is 657 g/mol. The summed E-state index contributed by atoms with van der Waals surface area (Å²) in [6, 6.07) is 14.1. The third kappa shape index (κ3) is 8.59. The number of ether oxygens (including phenoxy) is 3. The van der Waals surface area contributed by atoms with Crippen LogP contribution in [0.5, 0.6) is 23.0 Å². The first kappa shape index (κ1) is 35.2. The van der Waals surface area contributed by atoms with E-state index >= 15 is 4.39 Å². The molecule has 0 saturated heterocycles. The molecule has 46 heavy (non-hydrogen) atoms. The number of nitrogens with zero attached hydrogens (tertiary/aromatic N) is 1. The van der Waals surface area contributed by atoms with Gasteiger partial charge in [-0.3, -0.25) is 14.6 Å². The number of carbonyl (C=O) groups is 3. The molecular formula is C33H30F2KN3O7. The van der Waals surface area contributed by atoms with Gasteiger partial charge in [-0.25, -0.2) is 8.78 Å². The molecule has 1 aliphatic carbocycles. The molecule has 0 unspecified atom stereocenters. The normalized spacial score (nSPS) is 12.8. The Morgan fingerprint density at radius 1 is 0.848 bits per heavy atom. The van der Waals surface area contributed by atoms with Crippen LogP contribution in [0.2, 0.25) is 0 Å². The summed E-state index contributed by atoms with van der Waals surface area (Å²) in [5.74, 6) is -2.31. The molecular weight excluding hydrogens is 627 g/mol. The van der Waals surface area contributed by atoms with Crippen LogP contribution in [0.15, 0.2) is 66.9 Å². The fourth-order valence-electron chi connectivity index (χ4n) is 4.72. The molecule has 0 spiro atoms. The molecule has 1 heterocycles. The first-order valence-electron chi connectivity index (χ1n) is 14.3. The van der Waals surface area contributed by atoms with E-state index in [2.05, 4.69) is 15.6 Å². The number of pyridine rings is 1. The van der Waals surface area contributed by atoms with Gasteiger partial charge in [-0.1, -0.05) is 0 Å². The fourth-order valence-corrected chi connectivity index (χ4v) is 4.72. The number of carboxylic acid groups (broad SMARTS) is 1. The number of benzene rings is 3. The fraction of sp³-hybridized carbons (Fsp3) is 0.273. The van der Waals surface area contributed by atoms with Gasteiger partial charge in [0, 0.05) is 41.1 Å². The van der Waals surface area contributed by atoms with Gasteiger partial charge < -0.3 is 34.7 Å². The van der Waals surface area contributed by atoms with Crippen LogP contribution in [0.1, 0.15) is 38.5 Å². The molecule has 1 aromatic heterocycles. The average molecular weight is 658 g/mol. The molecule has 4 aromatic rings. The summed E-state index contributed by atoms with van der Waals surface area (Å²) in [6.07, 6.45) is 3.98. The van der Waals surface area contributed by atoms with E-state index in [1.165, 1.54) is 49.7 Å². The predicted octanol–water partition coefficient (Wildman–Crippen LogP) is 2.36. The number of hydrogen-bond donors (Lipinski definition) is 2. The van der Waals surface area contributed by atoms with Crippen molar-refractivity contribution in [3.05, 3.63) is 78.5 Å². The maximum absolute atomic E-state index is 15.2. The van der Waals surface area contributed by atoms with Crippen molar-refractivity contribution in [2.24, 2.45) is 5.41 Å². The first-order valence-corrected chi connectivity index (χ1v) is 14.3. The van der Waals surface area contributed by atoms with Gasteiger partial charge in [-0.15, -0.1) is 0 Å². The summed E-state index contributed by atoms with van der Waals surface area (Å²) in [6.45, 7) is 0.346. The molecule has 0 aliphatic heterocycles. The molecule has 0 bridgehead atoms. The molecule has 0 radical (unpaired) electrons. The number of carboxylic acids is 1. The molecule has 1 aliphatic rings. The minimum absolute atomic E-state index is 0. The molecule has 13 heteroatoms. The van der Waals surface area contributed by atoms with E-state index < -0.39 is 34.8 Å². The Morgan fingerprint density at radius 3 is 2.20 bits per heavy atom. The van der Waals surface area contributed by atoms with Gasteiger partial charge in [0.2, 0.25) is 11.8 Å². The number of methoxy groups -OCH3 is 1. The van der Waals surface area contributed by atoms with E-state index in [-0.39, 0.29) is 69.2 Å². The van der Waals surface area contributed by atoms with Crippen molar-refractivity contribution in [1.82, 2.24) is 4.98 Å². The molecule has 234 valence electrons. The van der Waals surface area contributed by atoms with Gasteiger partial charge >= 0.3 is 51.4 Å². The van der Waals surface area contributed by atoms with E-state index in [1.807, 2.05) is 0 Å². The standard InChI is InChI=1S/C33H31F2N3O7.K/c1-43-28-18-23-25(19-29(28)44-16-4-2-3-5-30(39)40)36-15-12-26(23)45-27-11-10-22(17-24(27)35)38-32(42)33(13-14-33)31(41)37-21-8-6-20(34)7-9-21;/h6-12,15,17-19H,2-5,13-14,16H2,1H3,(H,37,41)(H,38,42)(H,39,40);/q;+1/p-1. The van der Waals surface area contributed by atoms with Crippen molar-refractivity contribution < 1.29 is 93.9 Å². The molecule has 2 N–H and O–H groups in total. The Kier molecular flexibility index (Phi) is 12.1. The number of unbranched alkanes of at least 4 members (excludes halogenated alkanes) is 2. The average Bonchev–Trinajstić information content (AvgIpc) is 3.83. The van der Waals surface area contributed by atoms with Crippen LogP contribution < -0.4 is 81.3 Å². The first-order chi connectivity index (χ1) is 21.7. The SMILES string of the molecule is COc1cc2c(Oc3ccc(NC(=O)C4(C(=O)Nc5ccc(F)cc5)CC4)cc3F)ccnc2cc1OCCCCCC(=O)[O-].[K+]. The minimum Gasteiger partial charge on any atom is -0.550 e. The summed E-state index contributed by atoms with van der Waals surface area (Å²) >= 11 is 0. The summed E-state index contributed by atoms with van der Waals surface area (Å²) in [4.78, 5) is 40.7. The van der Waals surface area contributed by atoms with Crippen LogP contribution in [0.4, 0.5) is 20.2 Å². The number of anilines is 2. The molecule has 3 aromatic carbocycles. The topological polar surface area (TPSA) is 139 Å². The van der Waals surface area contributed by atoms with E-state index in [0.29, 0.717) is 72.5 Å². The van der Waals surface area contributed by atoms with Gasteiger partial charge in [-0.05, 0) is 87.1 Å². The molecule has 0 atom stereocenters. The van der Waals surface area contributed by atoms with Crippen molar-refractivity contribution in [2.75, 3.05) is 24.4 Å². The predicted molar refractivity (Wildman–Crippen MR) is 159 cm³/mol. The van der Waals surface area contributed by atoms with E-state index in [4.69, 9.17) is 14.2 Å². The number of nitrogens with one attached hydrogen (secondary N) is 2. The van der Waals surface area contributed by atoms with Crippen molar-refractivity contribution in [2.45, 2.75) is 38.5 Å². The van der Waals surface area contributed by atoms with Crippen molar-refractivity contribution in [3.63, 3.8) is 0 Å².